The molecule has 9 heterocycles. The van der Waals surface area contributed by atoms with E-state index in [4.69, 9.17) is 33.2 Å². The van der Waals surface area contributed by atoms with E-state index in [2.05, 4.69) is 170 Å². The smallest absolute Gasteiger partial charge is 0.163 e. The van der Waals surface area contributed by atoms with Gasteiger partial charge in [-0.3, -0.25) is 0 Å². The van der Waals surface area contributed by atoms with Gasteiger partial charge in [-0.1, -0.05) is 96.0 Å². The number of halogens is 2. The van der Waals surface area contributed by atoms with Gasteiger partial charge in [-0.05, 0) is 132 Å². The molecule has 0 saturated carbocycles. The Hall–Kier alpha value is -8.84. The molecule has 0 saturated heterocycles. The zero-order chi connectivity index (χ0) is 49.5. The third kappa shape index (κ3) is 8.53. The van der Waals surface area contributed by atoms with Gasteiger partial charge in [-0.2, -0.15) is 0 Å². The maximum absolute atomic E-state index is 6.56. The van der Waals surface area contributed by atoms with Gasteiger partial charge >= 0.3 is 0 Å². The molecular weight excluding hydrogens is 960 g/mol. The van der Waals surface area contributed by atoms with Crippen molar-refractivity contribution in [2.45, 2.75) is 38.8 Å². The highest BCUT2D eigenvalue weighted by molar-refractivity contribution is 6.31. The fourth-order valence-electron chi connectivity index (χ4n) is 10.4. The highest BCUT2D eigenvalue weighted by Crippen LogP contribution is 2.40. The van der Waals surface area contributed by atoms with E-state index in [0.29, 0.717) is 10.0 Å². The number of hydrogen-bond donors (Lipinski definition) is 2. The van der Waals surface area contributed by atoms with Gasteiger partial charge in [-0.25, -0.2) is 39.9 Å². The van der Waals surface area contributed by atoms with Gasteiger partial charge in [0.1, 0.15) is 23.7 Å². The Morgan fingerprint density at radius 2 is 0.811 bits per heavy atom. The van der Waals surface area contributed by atoms with Crippen LogP contribution in [0.25, 0.3) is 113 Å². The van der Waals surface area contributed by atoms with E-state index in [1.807, 2.05) is 36.9 Å². The molecule has 358 valence electrons. The second-order valence-electron chi connectivity index (χ2n) is 18.4. The fraction of sp³-hybridized carbons (Fsp3) is 0.100. The Kier molecular flexibility index (Phi) is 11.8. The number of aryl methyl sites for hydroxylation is 4. The van der Waals surface area contributed by atoms with Crippen molar-refractivity contribution in [1.82, 2.24) is 59.0 Å². The molecular formula is C60H44Cl2N12. The van der Waals surface area contributed by atoms with E-state index >= 15 is 0 Å². The Balaban J connectivity index is 1.03. The van der Waals surface area contributed by atoms with Crippen LogP contribution >= 0.6 is 23.2 Å². The molecule has 0 fully saturated rings. The van der Waals surface area contributed by atoms with E-state index in [1.165, 1.54) is 11.1 Å². The first kappa shape index (κ1) is 45.1. The van der Waals surface area contributed by atoms with Crippen LogP contribution < -0.4 is 0 Å². The summed E-state index contributed by atoms with van der Waals surface area (Å²) in [6, 6.07) is 41.9. The lowest BCUT2D eigenvalue weighted by atomic mass is 9.95. The molecule has 13 rings (SSSR count). The number of aromatic nitrogens is 12. The summed E-state index contributed by atoms with van der Waals surface area (Å²) in [5.41, 5.74) is 20.6. The monoisotopic (exact) mass is 1000 g/mol. The normalized spacial score (nSPS) is 12.1. The Morgan fingerprint density at radius 1 is 0.419 bits per heavy atom. The number of nitrogens with zero attached hydrogens (tertiary/aromatic N) is 10. The highest BCUT2D eigenvalue weighted by atomic mass is 35.5. The number of imidazole rings is 2. The molecule has 0 atom stereocenters. The van der Waals surface area contributed by atoms with Crippen molar-refractivity contribution < 1.29 is 0 Å². The van der Waals surface area contributed by atoms with Crippen molar-refractivity contribution >= 4 is 91.9 Å². The van der Waals surface area contributed by atoms with Crippen LogP contribution in [0.15, 0.2) is 159 Å². The Bertz CT molecular complexity index is 3910. The van der Waals surface area contributed by atoms with Gasteiger partial charge in [-0.15, -0.1) is 0 Å². The number of aromatic amines is 2. The summed E-state index contributed by atoms with van der Waals surface area (Å²) in [4.78, 5) is 45.4. The van der Waals surface area contributed by atoms with E-state index in [1.54, 1.807) is 25.0 Å². The predicted molar refractivity (Wildman–Crippen MR) is 298 cm³/mol. The Morgan fingerprint density at radius 3 is 1.24 bits per heavy atom. The summed E-state index contributed by atoms with van der Waals surface area (Å²) >= 11 is 13.1. The summed E-state index contributed by atoms with van der Waals surface area (Å²) in [6.07, 6.45) is 22.2. The highest BCUT2D eigenvalue weighted by Gasteiger charge is 2.21. The lowest BCUT2D eigenvalue weighted by Crippen LogP contribution is -2.01. The van der Waals surface area contributed by atoms with Gasteiger partial charge in [0.25, 0.3) is 0 Å². The number of hydrogen-bond acceptors (Lipinski definition) is 8. The Labute approximate surface area is 434 Å². The molecule has 0 spiro atoms. The summed E-state index contributed by atoms with van der Waals surface area (Å²) in [6.45, 7) is 1.50. The molecule has 0 aliphatic carbocycles. The molecule has 11 aromatic rings. The van der Waals surface area contributed by atoms with Crippen LogP contribution in [0, 0.1) is 0 Å². The molecule has 14 heteroatoms. The first-order chi connectivity index (χ1) is 36.5. The molecule has 7 aromatic heterocycles. The quantitative estimate of drug-likeness (QED) is 0.123. The van der Waals surface area contributed by atoms with E-state index in [0.717, 1.165) is 150 Å². The average molecular weight is 1000 g/mol. The SMILES string of the molecule is Clc1ccc(-c2c3nc(c(-c4ccccc4CCCn4cnc5cncnc54)c4ccc([nH]4)c(-c4ccc(Cl)cc4)c4nc(c(-c5ccccc5CCCn5cnc6cncnc65)c5ccc2[nH]5)C=C4)C=C3)cc1. The summed E-state index contributed by atoms with van der Waals surface area (Å²) < 4.78 is 4.20. The zero-order valence-corrected chi connectivity index (χ0v) is 41.3. The molecule has 12 nitrogen and oxygen atoms in total. The predicted octanol–water partition coefficient (Wildman–Crippen LogP) is 14.2. The third-order valence-corrected chi connectivity index (χ3v) is 14.3. The second-order valence-corrected chi connectivity index (χ2v) is 19.2. The van der Waals surface area contributed by atoms with Crippen molar-refractivity contribution in [1.29, 1.82) is 0 Å². The van der Waals surface area contributed by atoms with E-state index in [9.17, 15) is 0 Å². The van der Waals surface area contributed by atoms with Gasteiger partial charge in [0.2, 0.25) is 0 Å². The molecule has 2 N–H and O–H groups in total. The summed E-state index contributed by atoms with van der Waals surface area (Å²) in [7, 11) is 0. The molecule has 8 bridgehead atoms. The summed E-state index contributed by atoms with van der Waals surface area (Å²) in [5, 5.41) is 1.31. The van der Waals surface area contributed by atoms with Crippen LogP contribution in [-0.2, 0) is 25.9 Å². The molecule has 0 unspecified atom stereocenters. The van der Waals surface area contributed by atoms with E-state index < -0.39 is 0 Å². The second kappa shape index (κ2) is 19.3. The minimum atomic E-state index is 0.657. The number of rotatable bonds is 12. The van der Waals surface area contributed by atoms with Gasteiger partial charge < -0.3 is 19.1 Å². The van der Waals surface area contributed by atoms with Crippen molar-refractivity contribution in [3.05, 3.63) is 203 Å². The molecule has 2 aliphatic heterocycles. The zero-order valence-electron chi connectivity index (χ0n) is 39.8. The van der Waals surface area contributed by atoms with E-state index in [-0.39, 0.29) is 0 Å². The lowest BCUT2D eigenvalue weighted by Gasteiger charge is -2.12. The minimum Gasteiger partial charge on any atom is -0.354 e. The van der Waals surface area contributed by atoms with Crippen LogP contribution in [0.3, 0.4) is 0 Å². The first-order valence-electron chi connectivity index (χ1n) is 24.6. The van der Waals surface area contributed by atoms with Crippen molar-refractivity contribution in [2.75, 3.05) is 0 Å². The maximum atomic E-state index is 6.56. The lowest BCUT2D eigenvalue weighted by molar-refractivity contribution is 0.653. The molecule has 4 aromatic carbocycles. The maximum Gasteiger partial charge on any atom is 0.163 e. The van der Waals surface area contributed by atoms with Crippen molar-refractivity contribution in [2.24, 2.45) is 0 Å². The van der Waals surface area contributed by atoms with Crippen molar-refractivity contribution in [3.63, 3.8) is 0 Å². The van der Waals surface area contributed by atoms with Gasteiger partial charge in [0.05, 0.1) is 47.8 Å². The van der Waals surface area contributed by atoms with Crippen LogP contribution in [0.4, 0.5) is 0 Å². The van der Waals surface area contributed by atoms with Gasteiger partial charge in [0.15, 0.2) is 11.3 Å². The first-order valence-corrected chi connectivity index (χ1v) is 25.3. The molecule has 2 aliphatic rings. The number of nitrogens with one attached hydrogen (secondary N) is 2. The van der Waals surface area contributed by atoms with Crippen LogP contribution in [0.2, 0.25) is 10.0 Å². The van der Waals surface area contributed by atoms with Crippen LogP contribution in [-0.4, -0.2) is 59.0 Å². The third-order valence-electron chi connectivity index (χ3n) is 13.8. The molecule has 0 amide bonds. The number of benzene rings is 4. The van der Waals surface area contributed by atoms with Crippen molar-refractivity contribution in [3.8, 4) is 44.5 Å². The summed E-state index contributed by atoms with van der Waals surface area (Å²) in [5.74, 6) is 0. The van der Waals surface area contributed by atoms with Crippen LogP contribution in [0.5, 0.6) is 0 Å². The molecule has 0 radical (unpaired) electrons. The topological polar surface area (TPSA) is 145 Å². The average Bonchev–Trinajstić information content (AvgIpc) is 4.32. The molecule has 74 heavy (non-hydrogen) atoms. The largest absolute Gasteiger partial charge is 0.354 e. The standard InChI is InChI=1S/C60H44Cl2N12/c61-41-17-13-39(14-18-41)55-45-21-25-49(69-45)57(43-11-3-1-7-37(43)9-5-29-73-35-67-53-31-63-33-65-59(53)73)50-26-22-46(70-50)56(40-15-19-42(62)20-16-40)48-24-28-52(72-48)58(51-27-23-47(55)71-51)44-12-4-2-8-38(44)10-6-30-74-36-68-54-32-64-34-66-60(54)74/h1-4,7-8,11-28,31-36,69,72H,5-6,9-10,29-30H2. The number of H-pyrrole nitrogens is 2. The fourth-order valence-corrected chi connectivity index (χ4v) is 10.7. The minimum absolute atomic E-state index is 0.657. The number of fused-ring (bicyclic) bond motifs is 10. The van der Waals surface area contributed by atoms with Crippen LogP contribution in [0.1, 0.15) is 46.7 Å². The van der Waals surface area contributed by atoms with Gasteiger partial charge in [0, 0.05) is 67.5 Å².